The van der Waals surface area contributed by atoms with Crippen LogP contribution < -0.4 is 5.32 Å². The Morgan fingerprint density at radius 1 is 1.50 bits per heavy atom. The molecule has 1 aromatic rings. The molecule has 1 fully saturated rings. The number of aryl methyl sites for hydroxylation is 1. The lowest BCUT2D eigenvalue weighted by atomic mass is 9.82. The van der Waals surface area contributed by atoms with Crippen molar-refractivity contribution in [1.29, 1.82) is 0 Å². The van der Waals surface area contributed by atoms with Crippen LogP contribution in [0, 0.1) is 0 Å². The topological polar surface area (TPSA) is 17.0 Å². The number of rotatable bonds is 0. The SMILES string of the molecule is Cn1cc2c(c1Cl)CCC21CCNC1. The molecule has 2 heterocycles. The van der Waals surface area contributed by atoms with E-state index < -0.39 is 0 Å². The fourth-order valence-corrected chi connectivity index (χ4v) is 3.28. The predicted molar refractivity (Wildman–Crippen MR) is 57.9 cm³/mol. The van der Waals surface area contributed by atoms with Crippen molar-refractivity contribution in [1.82, 2.24) is 9.88 Å². The van der Waals surface area contributed by atoms with E-state index in [-0.39, 0.29) is 0 Å². The summed E-state index contributed by atoms with van der Waals surface area (Å²) in [6, 6.07) is 0. The molecule has 1 unspecified atom stereocenters. The van der Waals surface area contributed by atoms with Crippen LogP contribution in [0.2, 0.25) is 5.15 Å². The highest BCUT2D eigenvalue weighted by atomic mass is 35.5. The zero-order chi connectivity index (χ0) is 9.76. The molecule has 1 aromatic heterocycles. The summed E-state index contributed by atoms with van der Waals surface area (Å²) in [5.41, 5.74) is 3.33. The normalized spacial score (nSPS) is 30.1. The van der Waals surface area contributed by atoms with E-state index in [1.807, 2.05) is 7.05 Å². The number of hydrogen-bond acceptors (Lipinski definition) is 1. The number of halogens is 1. The van der Waals surface area contributed by atoms with E-state index in [4.69, 9.17) is 11.6 Å². The summed E-state index contributed by atoms with van der Waals surface area (Å²) in [6.45, 7) is 2.30. The molecule has 0 amide bonds. The zero-order valence-corrected chi connectivity index (χ0v) is 9.19. The third-order valence-corrected chi connectivity index (χ3v) is 4.37. The third kappa shape index (κ3) is 0.958. The molecule has 3 heteroatoms. The van der Waals surface area contributed by atoms with Crippen molar-refractivity contribution < 1.29 is 0 Å². The second-order valence-electron chi connectivity index (χ2n) is 4.63. The number of hydrogen-bond donors (Lipinski definition) is 1. The minimum absolute atomic E-state index is 0.417. The van der Waals surface area contributed by atoms with Gasteiger partial charge < -0.3 is 9.88 Å². The van der Waals surface area contributed by atoms with Crippen LogP contribution in [0.25, 0.3) is 0 Å². The van der Waals surface area contributed by atoms with Crippen LogP contribution in [-0.4, -0.2) is 17.7 Å². The highest BCUT2D eigenvalue weighted by Gasteiger charge is 2.42. The average molecular weight is 211 g/mol. The molecule has 0 bridgehead atoms. The number of aromatic nitrogens is 1. The van der Waals surface area contributed by atoms with Crippen molar-refractivity contribution in [3.05, 3.63) is 22.5 Å². The van der Waals surface area contributed by atoms with Crippen LogP contribution in [0.4, 0.5) is 0 Å². The first-order chi connectivity index (χ1) is 6.73. The molecule has 0 aromatic carbocycles. The molecule has 3 rings (SSSR count). The Morgan fingerprint density at radius 3 is 3.07 bits per heavy atom. The Balaban J connectivity index is 2.13. The first-order valence-electron chi connectivity index (χ1n) is 5.28. The lowest BCUT2D eigenvalue weighted by Crippen LogP contribution is -2.25. The highest BCUT2D eigenvalue weighted by molar-refractivity contribution is 6.30. The quantitative estimate of drug-likeness (QED) is 0.692. The summed E-state index contributed by atoms with van der Waals surface area (Å²) in [6.07, 6.45) is 5.96. The molecule has 0 radical (unpaired) electrons. The molecule has 14 heavy (non-hydrogen) atoms. The molecule has 2 aliphatic rings. The standard InChI is InChI=1S/C11H15ClN2/c1-14-6-9-8(10(14)12)2-3-11(9)4-5-13-7-11/h6,13H,2-5,7H2,1H3. The van der Waals surface area contributed by atoms with Gasteiger partial charge in [-0.15, -0.1) is 0 Å². The van der Waals surface area contributed by atoms with E-state index in [1.165, 1.54) is 24.0 Å². The van der Waals surface area contributed by atoms with Crippen LogP contribution in [0.15, 0.2) is 6.20 Å². The molecule has 1 aliphatic carbocycles. The first kappa shape index (κ1) is 8.81. The van der Waals surface area contributed by atoms with Crippen molar-refractivity contribution >= 4 is 11.6 Å². The maximum Gasteiger partial charge on any atom is 0.112 e. The number of nitrogens with one attached hydrogen (secondary N) is 1. The predicted octanol–water partition coefficient (Wildman–Crippen LogP) is 1.86. The van der Waals surface area contributed by atoms with Crippen molar-refractivity contribution in [2.75, 3.05) is 13.1 Å². The smallest absolute Gasteiger partial charge is 0.112 e. The molecule has 1 N–H and O–H groups in total. The fourth-order valence-electron chi connectivity index (χ4n) is 3.03. The van der Waals surface area contributed by atoms with Crippen molar-refractivity contribution in [3.63, 3.8) is 0 Å². The van der Waals surface area contributed by atoms with Crippen LogP contribution in [0.3, 0.4) is 0 Å². The average Bonchev–Trinajstić information content (AvgIpc) is 2.82. The van der Waals surface area contributed by atoms with Gasteiger partial charge in [0, 0.05) is 25.2 Å². The second kappa shape index (κ2) is 2.77. The molecular weight excluding hydrogens is 196 g/mol. The van der Waals surface area contributed by atoms with E-state index in [9.17, 15) is 0 Å². The van der Waals surface area contributed by atoms with Gasteiger partial charge in [-0.05, 0) is 36.9 Å². The maximum atomic E-state index is 6.26. The Morgan fingerprint density at radius 2 is 2.36 bits per heavy atom. The fraction of sp³-hybridized carbons (Fsp3) is 0.636. The molecular formula is C11H15ClN2. The summed E-state index contributed by atoms with van der Waals surface area (Å²) >= 11 is 6.26. The van der Waals surface area contributed by atoms with Crippen molar-refractivity contribution in [2.45, 2.75) is 24.7 Å². The van der Waals surface area contributed by atoms with E-state index in [1.54, 1.807) is 0 Å². The summed E-state index contributed by atoms with van der Waals surface area (Å²) < 4.78 is 2.06. The van der Waals surface area contributed by atoms with E-state index in [0.717, 1.165) is 24.7 Å². The van der Waals surface area contributed by atoms with Gasteiger partial charge in [-0.1, -0.05) is 11.6 Å². The lowest BCUT2D eigenvalue weighted by molar-refractivity contribution is 0.465. The molecule has 0 saturated carbocycles. The van der Waals surface area contributed by atoms with E-state index in [2.05, 4.69) is 16.1 Å². The van der Waals surface area contributed by atoms with Crippen LogP contribution in [0.5, 0.6) is 0 Å². The lowest BCUT2D eigenvalue weighted by Gasteiger charge is -2.21. The summed E-state index contributed by atoms with van der Waals surface area (Å²) in [4.78, 5) is 0. The summed E-state index contributed by atoms with van der Waals surface area (Å²) in [7, 11) is 2.04. The molecule has 2 nitrogen and oxygen atoms in total. The molecule has 1 spiro atoms. The van der Waals surface area contributed by atoms with Gasteiger partial charge in [-0.25, -0.2) is 0 Å². The van der Waals surface area contributed by atoms with Gasteiger partial charge in [0.15, 0.2) is 0 Å². The monoisotopic (exact) mass is 210 g/mol. The Labute approximate surface area is 89.2 Å². The van der Waals surface area contributed by atoms with Gasteiger partial charge in [0.2, 0.25) is 0 Å². The maximum absolute atomic E-state index is 6.26. The van der Waals surface area contributed by atoms with Gasteiger partial charge in [-0.2, -0.15) is 0 Å². The number of fused-ring (bicyclic) bond motifs is 2. The van der Waals surface area contributed by atoms with Crippen LogP contribution in [-0.2, 0) is 18.9 Å². The van der Waals surface area contributed by atoms with Crippen LogP contribution >= 0.6 is 11.6 Å². The summed E-state index contributed by atoms with van der Waals surface area (Å²) in [5, 5.41) is 4.42. The van der Waals surface area contributed by atoms with Crippen molar-refractivity contribution in [2.24, 2.45) is 7.05 Å². The Kier molecular flexibility index (Phi) is 1.74. The molecule has 1 atom stereocenters. The highest BCUT2D eigenvalue weighted by Crippen LogP contribution is 2.46. The van der Waals surface area contributed by atoms with Gasteiger partial charge in [0.1, 0.15) is 5.15 Å². The zero-order valence-electron chi connectivity index (χ0n) is 8.44. The van der Waals surface area contributed by atoms with Crippen LogP contribution in [0.1, 0.15) is 24.0 Å². The molecule has 1 aliphatic heterocycles. The Hall–Kier alpha value is -0.470. The van der Waals surface area contributed by atoms with Gasteiger partial charge in [0.05, 0.1) is 0 Å². The minimum Gasteiger partial charge on any atom is -0.341 e. The third-order valence-electron chi connectivity index (χ3n) is 3.88. The number of nitrogens with zero attached hydrogens (tertiary/aromatic N) is 1. The van der Waals surface area contributed by atoms with Gasteiger partial charge >= 0.3 is 0 Å². The van der Waals surface area contributed by atoms with Gasteiger partial charge in [0.25, 0.3) is 0 Å². The van der Waals surface area contributed by atoms with E-state index in [0.29, 0.717) is 5.41 Å². The van der Waals surface area contributed by atoms with E-state index >= 15 is 0 Å². The largest absolute Gasteiger partial charge is 0.341 e. The molecule has 1 saturated heterocycles. The Bertz CT molecular complexity index is 375. The van der Waals surface area contributed by atoms with Gasteiger partial charge in [-0.3, -0.25) is 0 Å². The van der Waals surface area contributed by atoms with Crippen molar-refractivity contribution in [3.8, 4) is 0 Å². The first-order valence-corrected chi connectivity index (χ1v) is 5.66. The minimum atomic E-state index is 0.417. The second-order valence-corrected chi connectivity index (χ2v) is 4.99. The summed E-state index contributed by atoms with van der Waals surface area (Å²) in [5.74, 6) is 0. The molecule has 76 valence electrons.